The number of carbonyl (C=O) groups is 1. The lowest BCUT2D eigenvalue weighted by Gasteiger charge is -2.31. The maximum Gasteiger partial charge on any atom is 0.132 e. The van der Waals surface area contributed by atoms with Crippen molar-refractivity contribution < 1.29 is 4.79 Å². The van der Waals surface area contributed by atoms with Gasteiger partial charge in [-0.3, -0.25) is 4.79 Å². The summed E-state index contributed by atoms with van der Waals surface area (Å²) in [4.78, 5) is 11.3. The molecule has 0 spiro atoms. The van der Waals surface area contributed by atoms with Gasteiger partial charge < -0.3 is 0 Å². The predicted molar refractivity (Wildman–Crippen MR) is 122 cm³/mol. The highest BCUT2D eigenvalue weighted by Crippen LogP contribution is 2.35. The molecule has 0 aromatic rings. The van der Waals surface area contributed by atoms with Crippen LogP contribution in [0.4, 0.5) is 0 Å². The molecule has 158 valence electrons. The molecule has 1 fully saturated rings. The number of hydrogen-bond donors (Lipinski definition) is 0. The number of ketones is 1. The molecule has 1 aliphatic rings. The second kappa shape index (κ2) is 19.2. The smallest absolute Gasteiger partial charge is 0.132 e. The monoisotopic (exact) mass is 368 g/mol. The van der Waals surface area contributed by atoms with Gasteiger partial charge in [-0.1, -0.05) is 99.5 Å². The van der Waals surface area contributed by atoms with Crippen LogP contribution in [0.15, 0.2) is 12.2 Å². The number of allylic oxidation sites excluding steroid dienone is 1. The van der Waals surface area contributed by atoms with E-state index in [0.29, 0.717) is 11.2 Å². The summed E-state index contributed by atoms with van der Waals surface area (Å²) in [6.45, 7) is 24.5. The molecule has 1 heteroatoms. The molecular weight excluding hydrogens is 316 g/mol. The highest BCUT2D eigenvalue weighted by Gasteiger charge is 2.24. The average Bonchev–Trinajstić information content (AvgIpc) is 2.54. The van der Waals surface area contributed by atoms with Gasteiger partial charge in [0.25, 0.3) is 0 Å². The fraction of sp³-hybridized carbons (Fsp3) is 0.880. The number of carbonyl (C=O) groups excluding carboxylic acids is 1. The van der Waals surface area contributed by atoms with E-state index in [4.69, 9.17) is 0 Å². The Labute approximate surface area is 167 Å². The average molecular weight is 369 g/mol. The lowest BCUT2D eigenvalue weighted by atomic mass is 9.74. The summed E-state index contributed by atoms with van der Waals surface area (Å²) in [6.07, 6.45) is 11.0. The number of hydrogen-bond acceptors (Lipinski definition) is 1. The molecule has 26 heavy (non-hydrogen) atoms. The van der Waals surface area contributed by atoms with Crippen LogP contribution in [0.25, 0.3) is 0 Å². The molecule has 0 aromatic heterocycles. The molecule has 2 unspecified atom stereocenters. The van der Waals surface area contributed by atoms with E-state index in [9.17, 15) is 4.79 Å². The van der Waals surface area contributed by atoms with Crippen molar-refractivity contribution in [3.05, 3.63) is 12.2 Å². The molecular formula is C25H52O. The minimum Gasteiger partial charge on any atom is -0.300 e. The van der Waals surface area contributed by atoms with E-state index in [0.717, 1.165) is 31.1 Å². The first-order valence-electron chi connectivity index (χ1n) is 11.1. The molecule has 1 rings (SSSR count). The third kappa shape index (κ3) is 28.2. The van der Waals surface area contributed by atoms with Crippen molar-refractivity contribution in [3.8, 4) is 0 Å². The predicted octanol–water partition coefficient (Wildman–Crippen LogP) is 9.01. The van der Waals surface area contributed by atoms with Crippen LogP contribution in [0.5, 0.6) is 0 Å². The van der Waals surface area contributed by atoms with Crippen LogP contribution in [-0.2, 0) is 4.79 Å². The molecule has 1 nitrogen and oxygen atoms in total. The molecule has 2 atom stereocenters. The highest BCUT2D eigenvalue weighted by molar-refractivity contribution is 5.77. The van der Waals surface area contributed by atoms with Gasteiger partial charge >= 0.3 is 0 Å². The molecule has 0 bridgehead atoms. The Morgan fingerprint density at radius 2 is 1.27 bits per heavy atom. The second-order valence-electron chi connectivity index (χ2n) is 9.23. The van der Waals surface area contributed by atoms with Crippen LogP contribution < -0.4 is 0 Å². The van der Waals surface area contributed by atoms with Gasteiger partial charge in [0.05, 0.1) is 0 Å². The summed E-state index contributed by atoms with van der Waals surface area (Å²) in [6, 6.07) is 0. The highest BCUT2D eigenvalue weighted by atomic mass is 16.1. The quantitative estimate of drug-likeness (QED) is 0.427. The van der Waals surface area contributed by atoms with Gasteiger partial charge in [0, 0.05) is 12.8 Å². The van der Waals surface area contributed by atoms with Crippen LogP contribution >= 0.6 is 0 Å². The molecule has 0 radical (unpaired) electrons. The summed E-state index contributed by atoms with van der Waals surface area (Å²) in [5, 5.41) is 0. The summed E-state index contributed by atoms with van der Waals surface area (Å²) in [5.41, 5.74) is 1.67. The number of Topliss-reactive ketones (excluding diaryl/α,β-unsaturated/α-hetero) is 1. The van der Waals surface area contributed by atoms with Crippen molar-refractivity contribution in [2.45, 2.75) is 127 Å². The van der Waals surface area contributed by atoms with Gasteiger partial charge in [0.2, 0.25) is 0 Å². The summed E-state index contributed by atoms with van der Waals surface area (Å²) >= 11 is 0. The first-order chi connectivity index (χ1) is 12.0. The van der Waals surface area contributed by atoms with Gasteiger partial charge in [-0.15, -0.1) is 6.58 Å². The Bertz CT molecular complexity index is 310. The maximum atomic E-state index is 11.3. The second-order valence-corrected chi connectivity index (χ2v) is 9.23. The Morgan fingerprint density at radius 1 is 0.923 bits per heavy atom. The molecule has 0 heterocycles. The van der Waals surface area contributed by atoms with Gasteiger partial charge in [0.15, 0.2) is 0 Å². The topological polar surface area (TPSA) is 17.1 Å². The summed E-state index contributed by atoms with van der Waals surface area (Å²) in [5.74, 6) is 2.23. The van der Waals surface area contributed by atoms with E-state index in [1.54, 1.807) is 0 Å². The van der Waals surface area contributed by atoms with Crippen LogP contribution in [0.2, 0.25) is 0 Å². The first kappa shape index (κ1) is 30.1. The zero-order valence-corrected chi connectivity index (χ0v) is 20.1. The summed E-state index contributed by atoms with van der Waals surface area (Å²) in [7, 11) is 0. The molecule has 0 aliphatic heterocycles. The van der Waals surface area contributed by atoms with E-state index in [2.05, 4.69) is 41.2 Å². The molecule has 0 N–H and O–H groups in total. The fourth-order valence-electron chi connectivity index (χ4n) is 2.94. The van der Waals surface area contributed by atoms with E-state index in [1.807, 2.05) is 34.6 Å². The SMILES string of the molecule is C=C(C)C.CC.CC(C)(C)C.CCCC1CCCCC1CCC(=O)CC. The third-order valence-electron chi connectivity index (χ3n) is 3.91. The fourth-order valence-corrected chi connectivity index (χ4v) is 2.94. The van der Waals surface area contributed by atoms with Crippen molar-refractivity contribution in [1.29, 1.82) is 0 Å². The van der Waals surface area contributed by atoms with Crippen molar-refractivity contribution in [2.75, 3.05) is 0 Å². The van der Waals surface area contributed by atoms with Gasteiger partial charge in [-0.25, -0.2) is 0 Å². The lowest BCUT2D eigenvalue weighted by molar-refractivity contribution is -0.119. The van der Waals surface area contributed by atoms with E-state index in [1.165, 1.54) is 44.1 Å². The first-order valence-corrected chi connectivity index (χ1v) is 11.1. The Kier molecular flexibility index (Phi) is 22.2. The van der Waals surface area contributed by atoms with Crippen LogP contribution in [0, 0.1) is 17.3 Å². The van der Waals surface area contributed by atoms with Crippen molar-refractivity contribution in [3.63, 3.8) is 0 Å². The molecule has 0 aromatic carbocycles. The largest absolute Gasteiger partial charge is 0.300 e. The molecule has 0 amide bonds. The summed E-state index contributed by atoms with van der Waals surface area (Å²) < 4.78 is 0. The third-order valence-corrected chi connectivity index (χ3v) is 3.91. The number of rotatable bonds is 6. The maximum absolute atomic E-state index is 11.3. The Morgan fingerprint density at radius 3 is 1.58 bits per heavy atom. The Hall–Kier alpha value is -0.590. The van der Waals surface area contributed by atoms with Crippen LogP contribution in [0.1, 0.15) is 127 Å². The standard InChI is InChI=1S/C14H26O.C5H12.C4H8.C2H6/c1-3-7-12-8-5-6-9-13(12)10-11-14(15)4-2;1-5(2,3)4;1-4(2)3;1-2/h12-13H,3-11H2,1-2H3;1-4H3;1H2,2-3H3;1-2H3. The van der Waals surface area contributed by atoms with Crippen molar-refractivity contribution in [2.24, 2.45) is 17.3 Å². The van der Waals surface area contributed by atoms with Gasteiger partial charge in [0.1, 0.15) is 5.78 Å². The zero-order valence-electron chi connectivity index (χ0n) is 20.1. The normalized spacial score (nSPS) is 18.8. The molecule has 0 saturated heterocycles. The van der Waals surface area contributed by atoms with E-state index >= 15 is 0 Å². The molecule has 1 saturated carbocycles. The lowest BCUT2D eigenvalue weighted by Crippen LogP contribution is -2.20. The van der Waals surface area contributed by atoms with Crippen LogP contribution in [-0.4, -0.2) is 5.78 Å². The molecule has 1 aliphatic carbocycles. The van der Waals surface area contributed by atoms with Crippen molar-refractivity contribution in [1.82, 2.24) is 0 Å². The van der Waals surface area contributed by atoms with E-state index in [-0.39, 0.29) is 0 Å². The Balaban J connectivity index is -0.000000398. The zero-order chi connectivity index (χ0) is 21.2. The van der Waals surface area contributed by atoms with Gasteiger partial charge in [-0.2, -0.15) is 0 Å². The minimum absolute atomic E-state index is 0.454. The van der Waals surface area contributed by atoms with E-state index < -0.39 is 0 Å². The minimum atomic E-state index is 0.454. The van der Waals surface area contributed by atoms with Gasteiger partial charge in [-0.05, 0) is 37.5 Å². The van der Waals surface area contributed by atoms with Crippen molar-refractivity contribution >= 4 is 5.78 Å². The van der Waals surface area contributed by atoms with Crippen LogP contribution in [0.3, 0.4) is 0 Å².